The highest BCUT2D eigenvalue weighted by molar-refractivity contribution is 5.83. The normalized spacial score (nSPS) is 9.57. The highest BCUT2D eigenvalue weighted by atomic mass is 16.2. The quantitative estimate of drug-likeness (QED) is 0.838. The first-order valence-electron chi connectivity index (χ1n) is 6.98. The van der Waals surface area contributed by atoms with Crippen LogP contribution in [0.5, 0.6) is 0 Å². The number of hydrogen-bond acceptors (Lipinski definition) is 1. The maximum atomic E-state index is 7.00. The molecular weight excluding hydrogens is 256 g/mol. The van der Waals surface area contributed by atoms with Gasteiger partial charge >= 0.3 is 0 Å². The van der Waals surface area contributed by atoms with Crippen LogP contribution in [0.25, 0.3) is 11.1 Å². The molecule has 0 aliphatic rings. The molecule has 0 amide bonds. The Kier molecular flexibility index (Phi) is 6.13. The van der Waals surface area contributed by atoms with Gasteiger partial charge in [0.2, 0.25) is 0 Å². The minimum atomic E-state index is 1.00. The van der Waals surface area contributed by atoms with Crippen LogP contribution in [0.3, 0.4) is 0 Å². The lowest BCUT2D eigenvalue weighted by Gasteiger charge is -2.16. The highest BCUT2D eigenvalue weighted by Crippen LogP contribution is 2.30. The van der Waals surface area contributed by atoms with Crippen LogP contribution in [0.4, 0.5) is 0 Å². The van der Waals surface area contributed by atoms with Crippen molar-refractivity contribution in [3.8, 4) is 0 Å². The highest BCUT2D eigenvalue weighted by Gasteiger charge is 2.11. The molecule has 0 fully saturated rings. The molecule has 2 rings (SSSR count). The molecule has 1 N–H and O–H groups in total. The van der Waals surface area contributed by atoms with Crippen molar-refractivity contribution in [3.05, 3.63) is 83.4 Å². The van der Waals surface area contributed by atoms with Gasteiger partial charge in [0.1, 0.15) is 0 Å². The van der Waals surface area contributed by atoms with E-state index >= 15 is 0 Å². The topological polar surface area (TPSA) is 20.2 Å². The molecule has 0 spiro atoms. The number of aliphatic hydroxyl groups is 1. The van der Waals surface area contributed by atoms with Gasteiger partial charge in [0.05, 0.1) is 0 Å². The van der Waals surface area contributed by atoms with Crippen LogP contribution in [0.1, 0.15) is 34.7 Å². The van der Waals surface area contributed by atoms with Gasteiger partial charge in [-0.1, -0.05) is 61.2 Å². The van der Waals surface area contributed by atoms with Crippen molar-refractivity contribution >= 4 is 11.1 Å². The third-order valence-corrected chi connectivity index (χ3v) is 3.55. The summed E-state index contributed by atoms with van der Waals surface area (Å²) in [6, 6.07) is 14.6. The Morgan fingerprint density at radius 2 is 1.48 bits per heavy atom. The van der Waals surface area contributed by atoms with E-state index in [4.69, 9.17) is 5.11 Å². The minimum absolute atomic E-state index is 1.00. The molecule has 110 valence electrons. The van der Waals surface area contributed by atoms with Crippen molar-refractivity contribution in [2.75, 3.05) is 7.11 Å². The number of allylic oxidation sites excluding steroid dienone is 1. The predicted octanol–water partition coefficient (Wildman–Crippen LogP) is 5.01. The number of rotatable bonds is 3. The molecular formula is C20H24O. The molecule has 0 aromatic heterocycles. The second-order valence-electron chi connectivity index (χ2n) is 5.05. The fourth-order valence-electron chi connectivity index (χ4n) is 2.63. The van der Waals surface area contributed by atoms with Crippen LogP contribution >= 0.6 is 0 Å². The van der Waals surface area contributed by atoms with Gasteiger partial charge in [-0.05, 0) is 54.2 Å². The van der Waals surface area contributed by atoms with Gasteiger partial charge in [-0.25, -0.2) is 0 Å². The Morgan fingerprint density at radius 3 is 2.00 bits per heavy atom. The van der Waals surface area contributed by atoms with E-state index in [-0.39, 0.29) is 0 Å². The molecule has 0 atom stereocenters. The van der Waals surface area contributed by atoms with Gasteiger partial charge in [0.25, 0.3) is 0 Å². The summed E-state index contributed by atoms with van der Waals surface area (Å²) in [4.78, 5) is 0. The van der Waals surface area contributed by atoms with Gasteiger partial charge < -0.3 is 5.11 Å². The van der Waals surface area contributed by atoms with E-state index in [0.717, 1.165) is 18.3 Å². The third-order valence-electron chi connectivity index (χ3n) is 3.55. The van der Waals surface area contributed by atoms with E-state index in [9.17, 15) is 0 Å². The zero-order valence-electron chi connectivity index (χ0n) is 13.4. The van der Waals surface area contributed by atoms with Gasteiger partial charge in [0.15, 0.2) is 0 Å². The molecule has 0 saturated heterocycles. The number of hydrogen-bond donors (Lipinski definition) is 1. The Labute approximate surface area is 128 Å². The lowest BCUT2D eigenvalue weighted by atomic mass is 9.88. The van der Waals surface area contributed by atoms with Crippen LogP contribution in [-0.2, 0) is 0 Å². The van der Waals surface area contributed by atoms with Crippen LogP contribution in [-0.4, -0.2) is 12.2 Å². The monoisotopic (exact) mass is 280 g/mol. The van der Waals surface area contributed by atoms with E-state index in [1.165, 1.54) is 27.8 Å². The Hall–Kier alpha value is -2.12. The fraction of sp³-hybridized carbons (Fsp3) is 0.200. The zero-order chi connectivity index (χ0) is 16.0. The van der Waals surface area contributed by atoms with Gasteiger partial charge in [0, 0.05) is 7.11 Å². The van der Waals surface area contributed by atoms with Gasteiger partial charge in [-0.2, -0.15) is 0 Å². The molecule has 0 radical (unpaired) electrons. The average molecular weight is 280 g/mol. The largest absolute Gasteiger partial charge is 0.400 e. The molecule has 21 heavy (non-hydrogen) atoms. The summed E-state index contributed by atoms with van der Waals surface area (Å²) < 4.78 is 0. The van der Waals surface area contributed by atoms with Crippen molar-refractivity contribution < 1.29 is 5.11 Å². The predicted molar refractivity (Wildman–Crippen MR) is 93.3 cm³/mol. The molecule has 0 aliphatic carbocycles. The van der Waals surface area contributed by atoms with E-state index in [1.807, 2.05) is 18.2 Å². The number of aryl methyl sites for hydroxylation is 1. The standard InChI is InChI=1S/C19H20.CH4O/c1-13(2)19-14(3)11-12-18(16(19)5)15(4)17-9-7-6-8-10-17;1-2/h6-12H,1,4H2,2-3,5H3;2H,1H3. The molecule has 0 saturated carbocycles. The first-order chi connectivity index (χ1) is 10.0. The van der Waals surface area contributed by atoms with Gasteiger partial charge in [-0.15, -0.1) is 0 Å². The lowest BCUT2D eigenvalue weighted by molar-refractivity contribution is 0.399. The maximum Gasteiger partial charge on any atom is 0.0319 e. The summed E-state index contributed by atoms with van der Waals surface area (Å²) in [5.41, 5.74) is 8.35. The number of aliphatic hydroxyl groups excluding tert-OH is 1. The molecule has 0 aliphatic heterocycles. The van der Waals surface area contributed by atoms with E-state index in [0.29, 0.717) is 0 Å². The Bertz CT molecular complexity index is 636. The average Bonchev–Trinajstić information content (AvgIpc) is 2.49. The Balaban J connectivity index is 0.00000106. The number of benzene rings is 2. The van der Waals surface area contributed by atoms with Crippen LogP contribution in [0, 0.1) is 13.8 Å². The molecule has 1 nitrogen and oxygen atoms in total. The molecule has 2 aromatic rings. The molecule has 0 unspecified atom stereocenters. The zero-order valence-corrected chi connectivity index (χ0v) is 13.4. The summed E-state index contributed by atoms with van der Waals surface area (Å²) >= 11 is 0. The van der Waals surface area contributed by atoms with E-state index in [1.54, 1.807) is 0 Å². The van der Waals surface area contributed by atoms with E-state index in [2.05, 4.69) is 58.2 Å². The van der Waals surface area contributed by atoms with Crippen molar-refractivity contribution in [2.24, 2.45) is 0 Å². The van der Waals surface area contributed by atoms with E-state index < -0.39 is 0 Å². The molecule has 2 aromatic carbocycles. The van der Waals surface area contributed by atoms with Crippen molar-refractivity contribution in [1.82, 2.24) is 0 Å². The molecule has 0 bridgehead atoms. The summed E-state index contributed by atoms with van der Waals surface area (Å²) in [7, 11) is 1.00. The summed E-state index contributed by atoms with van der Waals surface area (Å²) in [6.07, 6.45) is 0. The van der Waals surface area contributed by atoms with Crippen molar-refractivity contribution in [3.63, 3.8) is 0 Å². The lowest BCUT2D eigenvalue weighted by Crippen LogP contribution is -1.97. The summed E-state index contributed by atoms with van der Waals surface area (Å²) in [6.45, 7) is 14.7. The minimum Gasteiger partial charge on any atom is -0.400 e. The van der Waals surface area contributed by atoms with Crippen LogP contribution in [0.15, 0.2) is 55.6 Å². The first-order valence-corrected chi connectivity index (χ1v) is 6.98. The SMILES string of the molecule is C=C(c1ccccc1)c1ccc(C)c(C(=C)C)c1C.CO. The summed E-state index contributed by atoms with van der Waals surface area (Å²) in [5.74, 6) is 0. The maximum absolute atomic E-state index is 7.00. The molecule has 1 heteroatoms. The van der Waals surface area contributed by atoms with Crippen LogP contribution < -0.4 is 0 Å². The first kappa shape index (κ1) is 16.9. The second-order valence-corrected chi connectivity index (χ2v) is 5.05. The Morgan fingerprint density at radius 1 is 0.905 bits per heavy atom. The fourth-order valence-corrected chi connectivity index (χ4v) is 2.63. The third kappa shape index (κ3) is 3.71. The van der Waals surface area contributed by atoms with Gasteiger partial charge in [-0.3, -0.25) is 0 Å². The van der Waals surface area contributed by atoms with Crippen molar-refractivity contribution in [1.29, 1.82) is 0 Å². The smallest absolute Gasteiger partial charge is 0.0319 e. The molecule has 0 heterocycles. The van der Waals surface area contributed by atoms with Crippen LogP contribution in [0.2, 0.25) is 0 Å². The van der Waals surface area contributed by atoms with Crippen molar-refractivity contribution in [2.45, 2.75) is 20.8 Å². The summed E-state index contributed by atoms with van der Waals surface area (Å²) in [5, 5.41) is 7.00. The second kappa shape index (κ2) is 7.61.